The number of rotatable bonds is 4. The highest BCUT2D eigenvalue weighted by Gasteiger charge is 2.10. The molecule has 0 radical (unpaired) electrons. The van der Waals surface area contributed by atoms with Crippen molar-refractivity contribution in [3.05, 3.63) is 34.4 Å². The van der Waals surface area contributed by atoms with E-state index in [9.17, 15) is 19.7 Å². The largest absolute Gasteiger partial charge is 0.514 e. The number of hydrogen-bond donors (Lipinski definition) is 0. The van der Waals surface area contributed by atoms with Crippen LogP contribution in [0.2, 0.25) is 0 Å². The number of nitrogens with zero attached hydrogens (tertiary/aromatic N) is 1. The minimum absolute atomic E-state index is 0.0652. The zero-order valence-electron chi connectivity index (χ0n) is 13.1. The molecule has 0 bridgehead atoms. The van der Waals surface area contributed by atoms with Crippen molar-refractivity contribution in [1.29, 1.82) is 0 Å². The Kier molecular flexibility index (Phi) is 9.33. The van der Waals surface area contributed by atoms with Gasteiger partial charge >= 0.3 is 11.6 Å². The van der Waals surface area contributed by atoms with Crippen molar-refractivity contribution in [2.75, 3.05) is 0 Å². The molecule has 0 unspecified atom stereocenters. The van der Waals surface area contributed by atoms with Gasteiger partial charge in [-0.2, -0.15) is 0 Å². The Morgan fingerprint density at radius 2 is 1.52 bits per heavy atom. The lowest BCUT2D eigenvalue weighted by Crippen LogP contribution is -2.15. The molecule has 0 aliphatic rings. The minimum Gasteiger partial charge on any atom is -0.451 e. The van der Waals surface area contributed by atoms with E-state index >= 15 is 0 Å². The maximum Gasteiger partial charge on any atom is 0.514 e. The van der Waals surface area contributed by atoms with Gasteiger partial charge in [0.2, 0.25) is 0 Å². The maximum absolute atomic E-state index is 11.1. The molecule has 8 nitrogen and oxygen atoms in total. The van der Waals surface area contributed by atoms with Crippen LogP contribution in [-0.2, 0) is 9.47 Å². The number of carbonyl (C=O) groups excluding carboxylic acids is 2. The quantitative estimate of drug-likeness (QED) is 0.263. The van der Waals surface area contributed by atoms with Crippen LogP contribution < -0.4 is 4.74 Å². The van der Waals surface area contributed by atoms with Crippen LogP contribution in [0.5, 0.6) is 5.75 Å². The number of carbonyl (C=O) groups is 2. The van der Waals surface area contributed by atoms with Crippen LogP contribution in [0.25, 0.3) is 0 Å². The van der Waals surface area contributed by atoms with Crippen molar-refractivity contribution in [2.24, 2.45) is 0 Å². The number of halogens is 1. The van der Waals surface area contributed by atoms with Gasteiger partial charge in [0.15, 0.2) is 0 Å². The molecular formula is C14H18ClNO7. The molecule has 0 N–H and O–H groups in total. The molecule has 0 amide bonds. The second-order valence-electron chi connectivity index (χ2n) is 4.67. The van der Waals surface area contributed by atoms with Crippen LogP contribution in [-0.4, -0.2) is 28.7 Å². The van der Waals surface area contributed by atoms with Crippen molar-refractivity contribution < 1.29 is 28.7 Å². The first-order chi connectivity index (χ1) is 10.6. The van der Waals surface area contributed by atoms with Crippen LogP contribution in [0.1, 0.15) is 27.7 Å². The summed E-state index contributed by atoms with van der Waals surface area (Å²) in [6, 6.07) is 5.16. The van der Waals surface area contributed by atoms with Gasteiger partial charge in [-0.25, -0.2) is 9.59 Å². The second-order valence-corrected chi connectivity index (χ2v) is 4.98. The molecule has 9 heteroatoms. The molecule has 0 saturated heterocycles. The van der Waals surface area contributed by atoms with Gasteiger partial charge in [0, 0.05) is 23.7 Å². The second kappa shape index (κ2) is 10.4. The Labute approximate surface area is 138 Å². The molecule has 128 valence electrons. The van der Waals surface area contributed by atoms with E-state index < -0.39 is 16.5 Å². The smallest absolute Gasteiger partial charge is 0.451 e. The molecule has 0 fully saturated rings. The van der Waals surface area contributed by atoms with Gasteiger partial charge in [-0.05, 0) is 39.8 Å². The predicted molar refractivity (Wildman–Crippen MR) is 82.8 cm³/mol. The molecule has 1 aromatic rings. The average molecular weight is 348 g/mol. The van der Waals surface area contributed by atoms with Gasteiger partial charge in [0.05, 0.1) is 17.1 Å². The van der Waals surface area contributed by atoms with Gasteiger partial charge in [-0.1, -0.05) is 0 Å². The van der Waals surface area contributed by atoms with E-state index in [0.29, 0.717) is 0 Å². The molecule has 0 spiro atoms. The maximum atomic E-state index is 11.1. The number of benzene rings is 1. The number of non-ortho nitro benzene ring substituents is 1. The van der Waals surface area contributed by atoms with Gasteiger partial charge in [0.1, 0.15) is 5.75 Å². The first kappa shape index (κ1) is 20.6. The lowest BCUT2D eigenvalue weighted by atomic mass is 10.3. The third-order valence-corrected chi connectivity index (χ3v) is 2.00. The zero-order valence-corrected chi connectivity index (χ0v) is 13.9. The SMILES string of the molecule is CC(C)OC(=O)Cl.CC(C)OC(=O)Oc1ccc([N+](=O)[O-])cc1. The molecule has 1 rings (SSSR count). The fraction of sp³-hybridized carbons (Fsp3) is 0.429. The zero-order chi connectivity index (χ0) is 18.0. The van der Waals surface area contributed by atoms with Crippen LogP contribution in [0, 0.1) is 10.1 Å². The Hall–Kier alpha value is -2.35. The molecule has 0 atom stereocenters. The summed E-state index contributed by atoms with van der Waals surface area (Å²) in [5.74, 6) is 0.205. The first-order valence-corrected chi connectivity index (χ1v) is 6.98. The normalized spacial score (nSPS) is 9.70. The Balaban J connectivity index is 0.000000585. The fourth-order valence-corrected chi connectivity index (χ4v) is 1.31. The number of ether oxygens (including phenoxy) is 3. The minimum atomic E-state index is -0.830. The van der Waals surface area contributed by atoms with Crippen molar-refractivity contribution in [3.63, 3.8) is 0 Å². The molecule has 23 heavy (non-hydrogen) atoms. The monoisotopic (exact) mass is 347 g/mol. The Bertz CT molecular complexity index is 528. The van der Waals surface area contributed by atoms with Crippen molar-refractivity contribution in [3.8, 4) is 5.75 Å². The van der Waals surface area contributed by atoms with E-state index in [2.05, 4.69) is 4.74 Å². The highest BCUT2D eigenvalue weighted by molar-refractivity contribution is 6.61. The lowest BCUT2D eigenvalue weighted by Gasteiger charge is -2.07. The highest BCUT2D eigenvalue weighted by Crippen LogP contribution is 2.17. The highest BCUT2D eigenvalue weighted by atomic mass is 35.5. The molecule has 0 aromatic heterocycles. The number of nitro benzene ring substituents is 1. The van der Waals surface area contributed by atoms with E-state index in [1.807, 2.05) is 0 Å². The summed E-state index contributed by atoms with van der Waals surface area (Å²) in [4.78, 5) is 30.7. The Morgan fingerprint density at radius 3 is 1.83 bits per heavy atom. The summed E-state index contributed by atoms with van der Waals surface area (Å²) in [6.07, 6.45) is -1.21. The van der Waals surface area contributed by atoms with Crippen LogP contribution in [0.3, 0.4) is 0 Å². The lowest BCUT2D eigenvalue weighted by molar-refractivity contribution is -0.384. The average Bonchev–Trinajstić information content (AvgIpc) is 2.37. The van der Waals surface area contributed by atoms with E-state index in [4.69, 9.17) is 21.1 Å². The third-order valence-electron chi connectivity index (χ3n) is 1.91. The van der Waals surface area contributed by atoms with E-state index in [0.717, 1.165) is 0 Å². The van der Waals surface area contributed by atoms with Crippen LogP contribution >= 0.6 is 11.6 Å². The molecule has 0 aliphatic carbocycles. The van der Waals surface area contributed by atoms with Gasteiger partial charge < -0.3 is 14.2 Å². The van der Waals surface area contributed by atoms with Gasteiger partial charge in [-0.15, -0.1) is 0 Å². The topological polar surface area (TPSA) is 105 Å². The van der Waals surface area contributed by atoms with Crippen LogP contribution in [0.15, 0.2) is 24.3 Å². The summed E-state index contributed by atoms with van der Waals surface area (Å²) >= 11 is 4.81. The molecular weight excluding hydrogens is 330 g/mol. The summed E-state index contributed by atoms with van der Waals surface area (Å²) in [5, 5.41) is 10.4. The molecule has 0 saturated carbocycles. The summed E-state index contributed by atoms with van der Waals surface area (Å²) in [5.41, 5.74) is -0.806. The van der Waals surface area contributed by atoms with E-state index in [1.165, 1.54) is 24.3 Å². The van der Waals surface area contributed by atoms with E-state index in [1.54, 1.807) is 27.7 Å². The van der Waals surface area contributed by atoms with Crippen molar-refractivity contribution >= 4 is 28.9 Å². The standard InChI is InChI=1S/C10H11NO5.C4H7ClO2/c1-7(2)15-10(12)16-9-5-3-8(4-6-9)11(13)14;1-3(2)7-4(5)6/h3-7H,1-2H3;3H,1-2H3. The molecule has 0 heterocycles. The van der Waals surface area contributed by atoms with Crippen molar-refractivity contribution in [2.45, 2.75) is 39.9 Å². The summed E-state index contributed by atoms with van der Waals surface area (Å²) < 4.78 is 13.9. The summed E-state index contributed by atoms with van der Waals surface area (Å²) in [6.45, 7) is 6.86. The van der Waals surface area contributed by atoms with E-state index in [-0.39, 0.29) is 23.6 Å². The molecule has 1 aromatic carbocycles. The van der Waals surface area contributed by atoms with Crippen LogP contribution in [0.4, 0.5) is 15.3 Å². The Morgan fingerprint density at radius 1 is 1.04 bits per heavy atom. The fourth-order valence-electron chi connectivity index (χ4n) is 1.13. The summed E-state index contributed by atoms with van der Waals surface area (Å²) in [7, 11) is 0. The third kappa shape index (κ3) is 10.9. The van der Waals surface area contributed by atoms with Crippen molar-refractivity contribution in [1.82, 2.24) is 0 Å². The first-order valence-electron chi connectivity index (χ1n) is 6.60. The molecule has 0 aliphatic heterocycles. The van der Waals surface area contributed by atoms with Gasteiger partial charge in [-0.3, -0.25) is 10.1 Å². The van der Waals surface area contributed by atoms with Gasteiger partial charge in [0.25, 0.3) is 5.69 Å². The predicted octanol–water partition coefficient (Wildman–Crippen LogP) is 4.29. The number of hydrogen-bond acceptors (Lipinski definition) is 7. The number of nitro groups is 1.